The standard InChI is InChI=1S/C2HCl3O2.K/c3-2(4,5)1(6)7;/h(H,6,7);. The first kappa shape index (κ1) is 12.6. The van der Waals surface area contributed by atoms with Crippen LogP contribution in [-0.4, -0.2) is 66.3 Å². The molecule has 1 N–H and O–H groups in total. The van der Waals surface area contributed by atoms with E-state index in [9.17, 15) is 4.79 Å². The van der Waals surface area contributed by atoms with Gasteiger partial charge in [-0.1, -0.05) is 34.8 Å². The number of rotatable bonds is 0. The van der Waals surface area contributed by atoms with Crippen molar-refractivity contribution in [2.75, 3.05) is 0 Å². The summed E-state index contributed by atoms with van der Waals surface area (Å²) < 4.78 is -2.17. The SMILES string of the molecule is O=C(O)C(Cl)(Cl)Cl.[K]. The van der Waals surface area contributed by atoms with Crippen LogP contribution in [0.25, 0.3) is 0 Å². The largest absolute Gasteiger partial charge is 0.478 e. The summed E-state index contributed by atoms with van der Waals surface area (Å²) in [5.74, 6) is -1.46. The second-order valence-electron chi connectivity index (χ2n) is 0.803. The number of hydrogen-bond acceptors (Lipinski definition) is 1. The number of alkyl halides is 3. The summed E-state index contributed by atoms with van der Waals surface area (Å²) in [6, 6.07) is 0. The molecule has 0 aliphatic carbocycles. The third kappa shape index (κ3) is 6.10. The average Bonchev–Trinajstić information content (AvgIpc) is 1.31. The second-order valence-corrected chi connectivity index (χ2v) is 3.08. The molecule has 0 aliphatic heterocycles. The number of carbonyl (C=O) groups is 1. The Morgan fingerprint density at radius 2 is 1.50 bits per heavy atom. The molecule has 0 saturated heterocycles. The van der Waals surface area contributed by atoms with Gasteiger partial charge in [-0.15, -0.1) is 0 Å². The maximum Gasteiger partial charge on any atom is 0.356 e. The first-order valence-corrected chi connectivity index (χ1v) is 2.38. The summed E-state index contributed by atoms with van der Waals surface area (Å²) in [6.07, 6.45) is 0. The van der Waals surface area contributed by atoms with Crippen LogP contribution < -0.4 is 0 Å². The Bertz CT molecular complexity index is 87.8. The van der Waals surface area contributed by atoms with Crippen LogP contribution in [0.5, 0.6) is 0 Å². The van der Waals surface area contributed by atoms with E-state index in [4.69, 9.17) is 39.9 Å². The normalized spacial score (nSPS) is 9.88. The quantitative estimate of drug-likeness (QED) is 0.471. The van der Waals surface area contributed by atoms with Crippen molar-refractivity contribution in [3.8, 4) is 0 Å². The van der Waals surface area contributed by atoms with Crippen molar-refractivity contribution in [3.05, 3.63) is 0 Å². The molecular formula is C2HCl3KO2. The van der Waals surface area contributed by atoms with Gasteiger partial charge in [-0.05, 0) is 0 Å². The fourth-order valence-electron chi connectivity index (χ4n) is 0. The van der Waals surface area contributed by atoms with Crippen LogP contribution in [0.2, 0.25) is 0 Å². The fraction of sp³-hybridized carbons (Fsp3) is 0.500. The Morgan fingerprint density at radius 3 is 1.50 bits per heavy atom. The molecule has 0 bridgehead atoms. The van der Waals surface area contributed by atoms with Gasteiger partial charge < -0.3 is 5.11 Å². The zero-order chi connectivity index (χ0) is 6.08. The van der Waals surface area contributed by atoms with Crippen molar-refractivity contribution < 1.29 is 9.90 Å². The molecule has 0 saturated carbocycles. The summed E-state index contributed by atoms with van der Waals surface area (Å²) in [5.41, 5.74) is 0. The molecule has 2 nitrogen and oxygen atoms in total. The predicted octanol–water partition coefficient (Wildman–Crippen LogP) is 1.06. The van der Waals surface area contributed by atoms with E-state index in [1.54, 1.807) is 0 Å². The summed E-state index contributed by atoms with van der Waals surface area (Å²) in [5, 5.41) is 7.85. The maximum absolute atomic E-state index is 9.62. The molecule has 0 unspecified atom stereocenters. The van der Waals surface area contributed by atoms with E-state index in [1.807, 2.05) is 0 Å². The van der Waals surface area contributed by atoms with Crippen LogP contribution in [0, 0.1) is 0 Å². The van der Waals surface area contributed by atoms with E-state index in [2.05, 4.69) is 0 Å². The van der Waals surface area contributed by atoms with E-state index in [0.29, 0.717) is 0 Å². The molecule has 8 heavy (non-hydrogen) atoms. The summed E-state index contributed by atoms with van der Waals surface area (Å²) in [6.45, 7) is 0. The van der Waals surface area contributed by atoms with Gasteiger partial charge in [-0.2, -0.15) is 0 Å². The van der Waals surface area contributed by atoms with E-state index >= 15 is 0 Å². The van der Waals surface area contributed by atoms with Crippen molar-refractivity contribution in [3.63, 3.8) is 0 Å². The van der Waals surface area contributed by atoms with Crippen molar-refractivity contribution in [2.24, 2.45) is 0 Å². The van der Waals surface area contributed by atoms with Gasteiger partial charge in [0, 0.05) is 51.4 Å². The van der Waals surface area contributed by atoms with Crippen LogP contribution in [0.1, 0.15) is 0 Å². The monoisotopic (exact) mass is 201 g/mol. The zero-order valence-corrected chi connectivity index (χ0v) is 9.38. The van der Waals surface area contributed by atoms with Gasteiger partial charge in [0.15, 0.2) is 0 Å². The van der Waals surface area contributed by atoms with Crippen LogP contribution in [0.3, 0.4) is 0 Å². The zero-order valence-electron chi connectivity index (χ0n) is 3.99. The first-order valence-electron chi connectivity index (χ1n) is 1.24. The molecule has 43 valence electrons. The minimum Gasteiger partial charge on any atom is -0.478 e. The van der Waals surface area contributed by atoms with Crippen LogP contribution in [0.15, 0.2) is 0 Å². The van der Waals surface area contributed by atoms with E-state index in [-0.39, 0.29) is 51.4 Å². The topological polar surface area (TPSA) is 37.3 Å². The molecule has 0 atom stereocenters. The van der Waals surface area contributed by atoms with Gasteiger partial charge in [0.05, 0.1) is 0 Å². The molecule has 0 fully saturated rings. The fourth-order valence-corrected chi connectivity index (χ4v) is 0. The third-order valence-electron chi connectivity index (χ3n) is 0.243. The Kier molecular flexibility index (Phi) is 7.49. The number of aliphatic carboxylic acids is 1. The number of carboxylic acid groups (broad SMARTS) is 1. The summed E-state index contributed by atoms with van der Waals surface area (Å²) >= 11 is 14.4. The molecule has 6 heteroatoms. The predicted molar refractivity (Wildman–Crippen MR) is 33.7 cm³/mol. The Hall–Kier alpha value is 1.98. The van der Waals surface area contributed by atoms with Gasteiger partial charge in [-0.25, -0.2) is 4.79 Å². The molecule has 0 amide bonds. The molecule has 0 heterocycles. The van der Waals surface area contributed by atoms with Crippen LogP contribution >= 0.6 is 34.8 Å². The molecule has 0 aliphatic rings. The molecule has 0 aromatic rings. The van der Waals surface area contributed by atoms with E-state index in [0.717, 1.165) is 0 Å². The summed E-state index contributed by atoms with van der Waals surface area (Å²) in [4.78, 5) is 9.62. The van der Waals surface area contributed by atoms with Gasteiger partial charge in [0.1, 0.15) is 0 Å². The minimum absolute atomic E-state index is 0. The molecule has 0 aromatic carbocycles. The third-order valence-corrected chi connectivity index (χ3v) is 0.728. The van der Waals surface area contributed by atoms with Crippen molar-refractivity contribution >= 4 is 92.2 Å². The van der Waals surface area contributed by atoms with Gasteiger partial charge >= 0.3 is 5.97 Å². The van der Waals surface area contributed by atoms with Gasteiger partial charge in [0.2, 0.25) is 0 Å². The Morgan fingerprint density at radius 1 is 1.38 bits per heavy atom. The number of carboxylic acids is 1. The van der Waals surface area contributed by atoms with Crippen molar-refractivity contribution in [1.82, 2.24) is 0 Å². The molecule has 0 spiro atoms. The maximum atomic E-state index is 9.62. The van der Waals surface area contributed by atoms with E-state index in [1.165, 1.54) is 0 Å². The average molecular weight is 202 g/mol. The molecular weight excluding hydrogens is 201 g/mol. The molecule has 0 rings (SSSR count). The Labute approximate surface area is 104 Å². The van der Waals surface area contributed by atoms with Gasteiger partial charge in [-0.3, -0.25) is 0 Å². The number of hydrogen-bond donors (Lipinski definition) is 1. The van der Waals surface area contributed by atoms with Crippen molar-refractivity contribution in [1.29, 1.82) is 0 Å². The Balaban J connectivity index is 0. The summed E-state index contributed by atoms with van der Waals surface area (Å²) in [7, 11) is 0. The van der Waals surface area contributed by atoms with Crippen LogP contribution in [-0.2, 0) is 4.79 Å². The van der Waals surface area contributed by atoms with Gasteiger partial charge in [0.25, 0.3) is 3.79 Å². The van der Waals surface area contributed by atoms with Crippen molar-refractivity contribution in [2.45, 2.75) is 3.79 Å². The number of halogens is 3. The smallest absolute Gasteiger partial charge is 0.356 e. The first-order chi connectivity index (χ1) is 2.94. The minimum atomic E-state index is -2.17. The van der Waals surface area contributed by atoms with E-state index < -0.39 is 9.76 Å². The van der Waals surface area contributed by atoms with Crippen LogP contribution in [0.4, 0.5) is 0 Å². The second kappa shape index (κ2) is 4.74. The molecule has 0 aromatic heterocycles. The molecule has 1 radical (unpaired) electrons.